The zero-order valence-electron chi connectivity index (χ0n) is 12.5. The zero-order valence-corrected chi connectivity index (χ0v) is 14.9. The van der Waals surface area contributed by atoms with Crippen LogP contribution in [0.25, 0.3) is 0 Å². The molecule has 1 unspecified atom stereocenters. The van der Waals surface area contributed by atoms with E-state index in [-0.39, 0.29) is 28.2 Å². The molecule has 1 aliphatic heterocycles. The van der Waals surface area contributed by atoms with Gasteiger partial charge in [0.05, 0.1) is 9.79 Å². The summed E-state index contributed by atoms with van der Waals surface area (Å²) in [5.41, 5.74) is 0.527. The lowest BCUT2D eigenvalue weighted by Crippen LogP contribution is -2.45. The monoisotopic (exact) mass is 368 g/mol. The number of benzene rings is 1. The lowest BCUT2D eigenvalue weighted by molar-refractivity contribution is 0.428. The molecule has 0 spiro atoms. The Bertz CT molecular complexity index is 726. The van der Waals surface area contributed by atoms with Gasteiger partial charge in [-0.05, 0) is 44.0 Å². The first-order valence-electron chi connectivity index (χ1n) is 6.74. The van der Waals surface area contributed by atoms with Gasteiger partial charge in [0.25, 0.3) is 0 Å². The van der Waals surface area contributed by atoms with Crippen molar-refractivity contribution in [2.75, 3.05) is 19.3 Å². The number of rotatable bonds is 4. The Hall–Kier alpha value is -0.670. The lowest BCUT2D eigenvalue weighted by Gasteiger charge is -2.24. The van der Waals surface area contributed by atoms with Gasteiger partial charge in [0.1, 0.15) is 0 Å². The van der Waals surface area contributed by atoms with Crippen LogP contribution in [0.1, 0.15) is 18.4 Å². The average molecular weight is 369 g/mol. The first kappa shape index (κ1) is 19.4. The van der Waals surface area contributed by atoms with E-state index < -0.39 is 19.9 Å². The zero-order chi connectivity index (χ0) is 15.7. The minimum Gasteiger partial charge on any atom is -0.315 e. The van der Waals surface area contributed by atoms with Crippen molar-refractivity contribution in [3.63, 3.8) is 0 Å². The second-order valence-electron chi connectivity index (χ2n) is 5.36. The fraction of sp³-hybridized carbons (Fsp3) is 0.538. The first-order valence-corrected chi connectivity index (χ1v) is 10.1. The van der Waals surface area contributed by atoms with Crippen LogP contribution in [0.3, 0.4) is 0 Å². The highest BCUT2D eigenvalue weighted by molar-refractivity contribution is 7.91. The van der Waals surface area contributed by atoms with E-state index in [4.69, 9.17) is 0 Å². The molecule has 1 atom stereocenters. The van der Waals surface area contributed by atoms with Gasteiger partial charge in [-0.25, -0.2) is 21.6 Å². The molecule has 0 radical (unpaired) electrons. The summed E-state index contributed by atoms with van der Waals surface area (Å²) in [7, 11) is -7.17. The number of hydrogen-bond acceptors (Lipinski definition) is 5. The lowest BCUT2D eigenvalue weighted by atomic mass is 10.1. The molecule has 9 heteroatoms. The van der Waals surface area contributed by atoms with E-state index in [1.54, 1.807) is 6.92 Å². The van der Waals surface area contributed by atoms with E-state index in [9.17, 15) is 16.8 Å². The molecule has 1 saturated heterocycles. The molecule has 6 nitrogen and oxygen atoms in total. The van der Waals surface area contributed by atoms with E-state index in [0.717, 1.165) is 25.6 Å². The van der Waals surface area contributed by atoms with Crippen LogP contribution in [0.15, 0.2) is 28.0 Å². The van der Waals surface area contributed by atoms with Crippen molar-refractivity contribution in [1.29, 1.82) is 0 Å². The molecule has 1 heterocycles. The standard InChI is InChI=1S/C13H20N2O4S2.ClH/c1-10-5-6-12(20(2,16)17)8-13(10)21(18,19)15-11-4-3-7-14-9-11;/h5-6,8,11,14-15H,3-4,7,9H2,1-2H3;1H. The van der Waals surface area contributed by atoms with Crippen molar-refractivity contribution < 1.29 is 16.8 Å². The van der Waals surface area contributed by atoms with Crippen LogP contribution in [0.2, 0.25) is 0 Å². The molecule has 0 saturated carbocycles. The van der Waals surface area contributed by atoms with Crippen molar-refractivity contribution in [3.05, 3.63) is 23.8 Å². The van der Waals surface area contributed by atoms with Gasteiger partial charge in [0.2, 0.25) is 10.0 Å². The average Bonchev–Trinajstić information content (AvgIpc) is 2.38. The van der Waals surface area contributed by atoms with Crippen molar-refractivity contribution >= 4 is 32.3 Å². The van der Waals surface area contributed by atoms with Gasteiger partial charge in [0.15, 0.2) is 9.84 Å². The summed E-state index contributed by atoms with van der Waals surface area (Å²) in [6.45, 7) is 3.13. The quantitative estimate of drug-likeness (QED) is 0.822. The Morgan fingerprint density at radius 3 is 2.45 bits per heavy atom. The normalized spacial score (nSPS) is 19.5. The highest BCUT2D eigenvalue weighted by Crippen LogP contribution is 2.21. The number of sulfonamides is 1. The molecule has 1 aromatic rings. The number of aryl methyl sites for hydroxylation is 1. The Labute approximate surface area is 138 Å². The minimum absolute atomic E-state index is 0. The summed E-state index contributed by atoms with van der Waals surface area (Å²) >= 11 is 0. The molecule has 22 heavy (non-hydrogen) atoms. The van der Waals surface area contributed by atoms with Crippen LogP contribution in [0.5, 0.6) is 0 Å². The smallest absolute Gasteiger partial charge is 0.241 e. The molecule has 2 N–H and O–H groups in total. The Balaban J connectivity index is 0.00000242. The van der Waals surface area contributed by atoms with Crippen LogP contribution < -0.4 is 10.0 Å². The molecule has 0 aromatic heterocycles. The third-order valence-corrected chi connectivity index (χ3v) is 6.27. The van der Waals surface area contributed by atoms with Crippen LogP contribution in [0.4, 0.5) is 0 Å². The van der Waals surface area contributed by atoms with Gasteiger partial charge in [-0.3, -0.25) is 0 Å². The predicted octanol–water partition coefficient (Wildman–Crippen LogP) is 0.851. The van der Waals surface area contributed by atoms with Crippen molar-refractivity contribution in [1.82, 2.24) is 10.0 Å². The predicted molar refractivity (Wildman–Crippen MR) is 87.8 cm³/mol. The highest BCUT2D eigenvalue weighted by atomic mass is 35.5. The van der Waals surface area contributed by atoms with E-state index in [0.29, 0.717) is 12.1 Å². The molecular weight excluding hydrogens is 348 g/mol. The maximum atomic E-state index is 12.5. The van der Waals surface area contributed by atoms with Crippen LogP contribution in [0, 0.1) is 6.92 Å². The van der Waals surface area contributed by atoms with Gasteiger partial charge in [-0.15, -0.1) is 12.4 Å². The molecule has 126 valence electrons. The topological polar surface area (TPSA) is 92.3 Å². The van der Waals surface area contributed by atoms with Crippen molar-refractivity contribution in [3.8, 4) is 0 Å². The van der Waals surface area contributed by atoms with E-state index in [1.807, 2.05) is 0 Å². The van der Waals surface area contributed by atoms with E-state index in [1.165, 1.54) is 18.2 Å². The fourth-order valence-corrected chi connectivity index (χ4v) is 4.60. The number of nitrogens with one attached hydrogen (secondary N) is 2. The summed E-state index contributed by atoms with van der Waals surface area (Å²) in [6, 6.07) is 4.00. The Morgan fingerprint density at radius 1 is 1.23 bits per heavy atom. The van der Waals surface area contributed by atoms with Gasteiger partial charge >= 0.3 is 0 Å². The van der Waals surface area contributed by atoms with Gasteiger partial charge in [-0.2, -0.15) is 0 Å². The Morgan fingerprint density at radius 2 is 1.91 bits per heavy atom. The molecule has 1 aromatic carbocycles. The third kappa shape index (κ3) is 4.66. The van der Waals surface area contributed by atoms with Crippen LogP contribution >= 0.6 is 12.4 Å². The van der Waals surface area contributed by atoms with Gasteiger partial charge < -0.3 is 5.32 Å². The minimum atomic E-state index is -3.73. The Kier molecular flexibility index (Phi) is 6.40. The molecule has 2 rings (SSSR count). The van der Waals surface area contributed by atoms with Gasteiger partial charge in [0, 0.05) is 18.8 Å². The summed E-state index contributed by atoms with van der Waals surface area (Å²) in [4.78, 5) is 0.0336. The molecular formula is C13H21ClN2O4S2. The number of sulfone groups is 1. The molecule has 0 amide bonds. The summed E-state index contributed by atoms with van der Waals surface area (Å²) in [5.74, 6) is 0. The third-order valence-electron chi connectivity index (χ3n) is 3.50. The highest BCUT2D eigenvalue weighted by Gasteiger charge is 2.24. The first-order chi connectivity index (χ1) is 9.70. The van der Waals surface area contributed by atoms with Gasteiger partial charge in [-0.1, -0.05) is 6.07 Å². The second-order valence-corrected chi connectivity index (χ2v) is 9.06. The second kappa shape index (κ2) is 7.27. The molecule has 0 aliphatic carbocycles. The maximum absolute atomic E-state index is 12.5. The van der Waals surface area contributed by atoms with E-state index >= 15 is 0 Å². The largest absolute Gasteiger partial charge is 0.315 e. The maximum Gasteiger partial charge on any atom is 0.241 e. The summed E-state index contributed by atoms with van der Waals surface area (Å²) in [5, 5.41) is 3.14. The SMILES string of the molecule is Cc1ccc(S(C)(=O)=O)cc1S(=O)(=O)NC1CCCNC1.Cl. The van der Waals surface area contributed by atoms with E-state index in [2.05, 4.69) is 10.0 Å². The molecule has 1 fully saturated rings. The summed E-state index contributed by atoms with van der Waals surface area (Å²) in [6.07, 6.45) is 2.75. The van der Waals surface area contributed by atoms with Crippen molar-refractivity contribution in [2.45, 2.75) is 35.6 Å². The number of halogens is 1. The summed E-state index contributed by atoms with van der Waals surface area (Å²) < 4.78 is 50.8. The van der Waals surface area contributed by atoms with Crippen molar-refractivity contribution in [2.24, 2.45) is 0 Å². The van der Waals surface area contributed by atoms with Crippen LogP contribution in [-0.2, 0) is 19.9 Å². The molecule has 1 aliphatic rings. The number of hydrogen-bond donors (Lipinski definition) is 2. The fourth-order valence-electron chi connectivity index (χ4n) is 2.34. The van der Waals surface area contributed by atoms with Crippen LogP contribution in [-0.4, -0.2) is 42.2 Å². The molecule has 0 bridgehead atoms. The number of piperidine rings is 1.